The first-order valence-corrected chi connectivity index (χ1v) is 5.55. The number of methoxy groups -OCH3 is 1. The Bertz CT molecular complexity index is 283. The van der Waals surface area contributed by atoms with Gasteiger partial charge in [0, 0.05) is 39.3 Å². The summed E-state index contributed by atoms with van der Waals surface area (Å²) in [6, 6.07) is 0. The molecule has 0 spiro atoms. The summed E-state index contributed by atoms with van der Waals surface area (Å²) in [5.74, 6) is 0.355. The van der Waals surface area contributed by atoms with Gasteiger partial charge in [-0.15, -0.1) is 0 Å². The molecule has 2 fully saturated rings. The standard InChI is InChI=1S/C10H17N3O3/c1-16-10(15)13-4-2-12(3-5-13)9(14)8-6-11-7-8/h8,11H,2-7H2,1H3. The fraction of sp³-hybridized carbons (Fsp3) is 0.800. The minimum atomic E-state index is -0.308. The highest BCUT2D eigenvalue weighted by atomic mass is 16.5. The summed E-state index contributed by atoms with van der Waals surface area (Å²) in [6.45, 7) is 3.94. The van der Waals surface area contributed by atoms with E-state index in [9.17, 15) is 9.59 Å². The molecule has 2 aliphatic rings. The van der Waals surface area contributed by atoms with Gasteiger partial charge in [-0.3, -0.25) is 4.79 Å². The molecule has 0 unspecified atom stereocenters. The zero-order valence-electron chi connectivity index (χ0n) is 9.44. The molecule has 0 atom stereocenters. The van der Waals surface area contributed by atoms with Gasteiger partial charge in [0.05, 0.1) is 13.0 Å². The fourth-order valence-electron chi connectivity index (χ4n) is 1.96. The Hall–Kier alpha value is -1.30. The zero-order valence-corrected chi connectivity index (χ0v) is 9.44. The number of carbonyl (C=O) groups is 2. The molecule has 2 amide bonds. The Morgan fingerprint density at radius 1 is 1.12 bits per heavy atom. The lowest BCUT2D eigenvalue weighted by atomic mass is 10.0. The number of piperazine rings is 1. The van der Waals surface area contributed by atoms with Crippen molar-refractivity contribution in [2.75, 3.05) is 46.4 Å². The number of ether oxygens (including phenoxy) is 1. The average molecular weight is 227 g/mol. The molecule has 0 aliphatic carbocycles. The minimum Gasteiger partial charge on any atom is -0.453 e. The van der Waals surface area contributed by atoms with Gasteiger partial charge in [-0.25, -0.2) is 4.79 Å². The first-order valence-electron chi connectivity index (χ1n) is 5.55. The van der Waals surface area contributed by atoms with Crippen molar-refractivity contribution in [2.45, 2.75) is 0 Å². The number of amides is 2. The topological polar surface area (TPSA) is 61.9 Å². The van der Waals surface area contributed by atoms with Crippen molar-refractivity contribution in [1.29, 1.82) is 0 Å². The molecule has 2 heterocycles. The van der Waals surface area contributed by atoms with E-state index in [-0.39, 0.29) is 17.9 Å². The van der Waals surface area contributed by atoms with Crippen molar-refractivity contribution < 1.29 is 14.3 Å². The third-order valence-electron chi connectivity index (χ3n) is 3.15. The second-order valence-electron chi connectivity index (χ2n) is 4.14. The molecule has 90 valence electrons. The third-order valence-corrected chi connectivity index (χ3v) is 3.15. The second kappa shape index (κ2) is 4.69. The first kappa shape index (κ1) is 11.2. The van der Waals surface area contributed by atoms with Crippen LogP contribution in [0.1, 0.15) is 0 Å². The fourth-order valence-corrected chi connectivity index (χ4v) is 1.96. The normalized spacial score (nSPS) is 21.6. The van der Waals surface area contributed by atoms with E-state index in [4.69, 9.17) is 0 Å². The van der Waals surface area contributed by atoms with Crippen LogP contribution in [0.3, 0.4) is 0 Å². The number of carbonyl (C=O) groups excluding carboxylic acids is 2. The predicted molar refractivity (Wildman–Crippen MR) is 56.9 cm³/mol. The van der Waals surface area contributed by atoms with Crippen LogP contribution < -0.4 is 5.32 Å². The SMILES string of the molecule is COC(=O)N1CCN(C(=O)C2CNC2)CC1. The van der Waals surface area contributed by atoms with Crippen molar-refractivity contribution >= 4 is 12.0 Å². The van der Waals surface area contributed by atoms with E-state index in [2.05, 4.69) is 10.1 Å². The number of rotatable bonds is 1. The van der Waals surface area contributed by atoms with E-state index < -0.39 is 0 Å². The van der Waals surface area contributed by atoms with Crippen LogP contribution in [-0.4, -0.2) is 68.2 Å². The maximum absolute atomic E-state index is 11.9. The highest BCUT2D eigenvalue weighted by molar-refractivity contribution is 5.80. The van der Waals surface area contributed by atoms with Crippen molar-refractivity contribution in [3.8, 4) is 0 Å². The molecule has 6 heteroatoms. The van der Waals surface area contributed by atoms with Gasteiger partial charge in [-0.05, 0) is 0 Å². The Kier molecular flexibility index (Phi) is 3.28. The van der Waals surface area contributed by atoms with Crippen molar-refractivity contribution in [1.82, 2.24) is 15.1 Å². The monoisotopic (exact) mass is 227 g/mol. The van der Waals surface area contributed by atoms with Crippen LogP contribution in [0.15, 0.2) is 0 Å². The van der Waals surface area contributed by atoms with Crippen LogP contribution >= 0.6 is 0 Å². The molecule has 16 heavy (non-hydrogen) atoms. The molecule has 2 aliphatic heterocycles. The van der Waals surface area contributed by atoms with Crippen molar-refractivity contribution in [3.05, 3.63) is 0 Å². The van der Waals surface area contributed by atoms with Crippen LogP contribution in [0, 0.1) is 5.92 Å². The minimum absolute atomic E-state index is 0.143. The van der Waals surface area contributed by atoms with Gasteiger partial charge in [0.2, 0.25) is 5.91 Å². The summed E-state index contributed by atoms with van der Waals surface area (Å²) < 4.78 is 4.64. The highest BCUT2D eigenvalue weighted by Crippen LogP contribution is 2.11. The third kappa shape index (κ3) is 2.11. The summed E-state index contributed by atoms with van der Waals surface area (Å²) in [7, 11) is 1.37. The number of hydrogen-bond donors (Lipinski definition) is 1. The lowest BCUT2D eigenvalue weighted by molar-refractivity contribution is -0.138. The van der Waals surface area contributed by atoms with E-state index in [1.54, 1.807) is 4.90 Å². The van der Waals surface area contributed by atoms with E-state index in [0.717, 1.165) is 13.1 Å². The Balaban J connectivity index is 1.80. The van der Waals surface area contributed by atoms with Crippen LogP contribution in [-0.2, 0) is 9.53 Å². The lowest BCUT2D eigenvalue weighted by Crippen LogP contribution is -2.57. The summed E-state index contributed by atoms with van der Waals surface area (Å²) >= 11 is 0. The van der Waals surface area contributed by atoms with Gasteiger partial charge >= 0.3 is 6.09 Å². The molecule has 0 aromatic rings. The number of nitrogens with zero attached hydrogens (tertiary/aromatic N) is 2. The Labute approximate surface area is 94.5 Å². The van der Waals surface area contributed by atoms with E-state index >= 15 is 0 Å². The van der Waals surface area contributed by atoms with Crippen LogP contribution in [0.2, 0.25) is 0 Å². The van der Waals surface area contributed by atoms with E-state index in [0.29, 0.717) is 26.2 Å². The van der Waals surface area contributed by atoms with E-state index in [1.807, 2.05) is 4.90 Å². The number of nitrogens with one attached hydrogen (secondary N) is 1. The Morgan fingerprint density at radius 3 is 2.12 bits per heavy atom. The molecular weight excluding hydrogens is 210 g/mol. The molecule has 6 nitrogen and oxygen atoms in total. The molecule has 0 radical (unpaired) electrons. The van der Waals surface area contributed by atoms with Gasteiger partial charge in [0.25, 0.3) is 0 Å². The maximum Gasteiger partial charge on any atom is 0.409 e. The molecule has 2 saturated heterocycles. The van der Waals surface area contributed by atoms with Gasteiger partial charge in [0.15, 0.2) is 0 Å². The summed E-state index contributed by atoms with van der Waals surface area (Å²) in [4.78, 5) is 26.6. The highest BCUT2D eigenvalue weighted by Gasteiger charge is 2.31. The quantitative estimate of drug-likeness (QED) is 0.631. The van der Waals surface area contributed by atoms with Gasteiger partial charge < -0.3 is 19.9 Å². The van der Waals surface area contributed by atoms with Crippen molar-refractivity contribution in [2.24, 2.45) is 5.92 Å². The molecule has 2 rings (SSSR count). The zero-order chi connectivity index (χ0) is 11.5. The van der Waals surface area contributed by atoms with Crippen molar-refractivity contribution in [3.63, 3.8) is 0 Å². The number of hydrogen-bond acceptors (Lipinski definition) is 4. The molecule has 0 bridgehead atoms. The summed E-state index contributed by atoms with van der Waals surface area (Å²) in [5.41, 5.74) is 0. The van der Waals surface area contributed by atoms with Gasteiger partial charge in [-0.1, -0.05) is 0 Å². The molecule has 0 aromatic carbocycles. The summed E-state index contributed by atoms with van der Waals surface area (Å²) in [6.07, 6.45) is -0.308. The average Bonchev–Trinajstić information content (AvgIpc) is 2.26. The lowest BCUT2D eigenvalue weighted by Gasteiger charge is -2.37. The van der Waals surface area contributed by atoms with Gasteiger partial charge in [0.1, 0.15) is 0 Å². The molecular formula is C10H17N3O3. The maximum atomic E-state index is 11.9. The molecule has 0 aromatic heterocycles. The first-order chi connectivity index (χ1) is 7.72. The predicted octanol–water partition coefficient (Wildman–Crippen LogP) is -0.884. The smallest absolute Gasteiger partial charge is 0.409 e. The largest absolute Gasteiger partial charge is 0.453 e. The van der Waals surface area contributed by atoms with Crippen LogP contribution in [0.4, 0.5) is 4.79 Å². The molecule has 0 saturated carbocycles. The summed E-state index contributed by atoms with van der Waals surface area (Å²) in [5, 5.41) is 3.09. The van der Waals surface area contributed by atoms with Gasteiger partial charge in [-0.2, -0.15) is 0 Å². The Morgan fingerprint density at radius 2 is 1.69 bits per heavy atom. The molecule has 1 N–H and O–H groups in total. The van der Waals surface area contributed by atoms with Crippen LogP contribution in [0.25, 0.3) is 0 Å². The van der Waals surface area contributed by atoms with Crippen LogP contribution in [0.5, 0.6) is 0 Å². The van der Waals surface area contributed by atoms with E-state index in [1.165, 1.54) is 7.11 Å². The second-order valence-corrected chi connectivity index (χ2v) is 4.14.